The molecule has 0 radical (unpaired) electrons. The van der Waals surface area contributed by atoms with Crippen LogP contribution in [0.4, 0.5) is 0 Å². The van der Waals surface area contributed by atoms with Gasteiger partial charge in [0.1, 0.15) is 5.78 Å². The lowest BCUT2D eigenvalue weighted by Gasteiger charge is -2.15. The number of ketones is 2. The summed E-state index contributed by atoms with van der Waals surface area (Å²) in [5, 5.41) is 0. The molecule has 1 rings (SSSR count). The van der Waals surface area contributed by atoms with Crippen LogP contribution in [0.1, 0.15) is 63.5 Å². The zero-order chi connectivity index (χ0) is 16.5. The highest BCUT2D eigenvalue weighted by Gasteiger charge is 2.18. The average molecular weight is 298 g/mol. The largest absolute Gasteiger partial charge is 0.300 e. The molecule has 1 unspecified atom stereocenters. The van der Waals surface area contributed by atoms with Crippen molar-refractivity contribution in [3.8, 4) is 0 Å². The molecule has 0 N–H and O–H groups in total. The maximum absolute atomic E-state index is 12.3. The third kappa shape index (κ3) is 5.44. The van der Waals surface area contributed by atoms with E-state index in [1.54, 1.807) is 19.1 Å². The quantitative estimate of drug-likeness (QED) is 0.594. The molecule has 0 saturated carbocycles. The second-order valence-electron chi connectivity index (χ2n) is 5.67. The van der Waals surface area contributed by atoms with Gasteiger partial charge in [-0.05, 0) is 49.5 Å². The minimum absolute atomic E-state index is 0.0592. The molecule has 0 aliphatic rings. The van der Waals surface area contributed by atoms with Gasteiger partial charge in [0, 0.05) is 12.3 Å². The van der Waals surface area contributed by atoms with Crippen LogP contribution in [0, 0.1) is 0 Å². The van der Waals surface area contributed by atoms with Gasteiger partial charge in [-0.15, -0.1) is 0 Å². The Balaban J connectivity index is 2.96. The van der Waals surface area contributed by atoms with Gasteiger partial charge in [0.2, 0.25) is 0 Å². The van der Waals surface area contributed by atoms with E-state index in [0.29, 0.717) is 12.8 Å². The van der Waals surface area contributed by atoms with Crippen LogP contribution in [0.15, 0.2) is 43.0 Å². The van der Waals surface area contributed by atoms with Crippen molar-refractivity contribution < 1.29 is 9.59 Å². The van der Waals surface area contributed by atoms with Crippen molar-refractivity contribution in [1.82, 2.24) is 0 Å². The molecule has 0 heterocycles. The van der Waals surface area contributed by atoms with Crippen molar-refractivity contribution in [2.45, 2.75) is 52.4 Å². The van der Waals surface area contributed by atoms with Gasteiger partial charge in [0.15, 0.2) is 5.78 Å². The highest BCUT2D eigenvalue weighted by Crippen LogP contribution is 2.26. The van der Waals surface area contributed by atoms with E-state index in [1.165, 1.54) is 0 Å². The van der Waals surface area contributed by atoms with Gasteiger partial charge in [-0.25, -0.2) is 0 Å². The Bertz CT molecular complexity index is 550. The molecule has 0 spiro atoms. The molecule has 22 heavy (non-hydrogen) atoms. The minimum Gasteiger partial charge on any atom is -0.300 e. The fourth-order valence-electron chi connectivity index (χ4n) is 2.50. The molecule has 0 bridgehead atoms. The van der Waals surface area contributed by atoms with Crippen LogP contribution < -0.4 is 0 Å². The number of carbonyl (C=O) groups excluding carboxylic acids is 2. The number of hydrogen-bond acceptors (Lipinski definition) is 2. The van der Waals surface area contributed by atoms with Crippen molar-refractivity contribution >= 4 is 17.1 Å². The zero-order valence-electron chi connectivity index (χ0n) is 13.9. The van der Waals surface area contributed by atoms with E-state index in [9.17, 15) is 9.59 Å². The Hall–Kier alpha value is -1.96. The van der Waals surface area contributed by atoms with E-state index in [2.05, 4.69) is 13.5 Å². The Morgan fingerprint density at radius 3 is 2.32 bits per heavy atom. The summed E-state index contributed by atoms with van der Waals surface area (Å²) in [6, 6.07) is 8.03. The van der Waals surface area contributed by atoms with E-state index in [1.807, 2.05) is 31.2 Å². The molecule has 0 fully saturated rings. The SMILES string of the molecule is C=C(CCC)c1ccc(C(CCC(C)=O)C(=O)/C=C/C)cc1. The molecule has 0 aliphatic carbocycles. The fraction of sp³-hybridized carbons (Fsp3) is 0.400. The van der Waals surface area contributed by atoms with Gasteiger partial charge >= 0.3 is 0 Å². The van der Waals surface area contributed by atoms with Gasteiger partial charge in [-0.3, -0.25) is 4.79 Å². The van der Waals surface area contributed by atoms with Gasteiger partial charge in [-0.1, -0.05) is 50.3 Å². The summed E-state index contributed by atoms with van der Waals surface area (Å²) in [7, 11) is 0. The number of benzene rings is 1. The molecular weight excluding hydrogens is 272 g/mol. The lowest BCUT2D eigenvalue weighted by atomic mass is 9.88. The Labute approximate surface area is 133 Å². The molecule has 1 aromatic carbocycles. The van der Waals surface area contributed by atoms with Crippen LogP contribution >= 0.6 is 0 Å². The smallest absolute Gasteiger partial charge is 0.162 e. The molecular formula is C20H26O2. The first-order valence-electron chi connectivity index (χ1n) is 7.93. The van der Waals surface area contributed by atoms with Crippen LogP contribution in [0.2, 0.25) is 0 Å². The predicted molar refractivity (Wildman–Crippen MR) is 92.9 cm³/mol. The molecule has 118 valence electrons. The van der Waals surface area contributed by atoms with Crippen molar-refractivity contribution in [2.24, 2.45) is 0 Å². The topological polar surface area (TPSA) is 34.1 Å². The standard InChI is InChI=1S/C20H26O2/c1-5-7-15(3)17-10-12-18(13-11-17)19(14-9-16(4)21)20(22)8-6-2/h6,8,10-13,19H,3,5,7,9,14H2,1-2,4H3/b8-6+. The molecule has 0 amide bonds. The molecule has 2 heteroatoms. The fourth-order valence-corrected chi connectivity index (χ4v) is 2.50. The van der Waals surface area contributed by atoms with E-state index >= 15 is 0 Å². The summed E-state index contributed by atoms with van der Waals surface area (Å²) < 4.78 is 0. The summed E-state index contributed by atoms with van der Waals surface area (Å²) in [5.41, 5.74) is 3.21. The number of hydrogen-bond donors (Lipinski definition) is 0. The van der Waals surface area contributed by atoms with Gasteiger partial charge in [0.25, 0.3) is 0 Å². The number of allylic oxidation sites excluding steroid dienone is 3. The summed E-state index contributed by atoms with van der Waals surface area (Å²) >= 11 is 0. The Kier molecular flexibility index (Phi) is 7.51. The lowest BCUT2D eigenvalue weighted by Crippen LogP contribution is -2.11. The second-order valence-corrected chi connectivity index (χ2v) is 5.67. The van der Waals surface area contributed by atoms with Crippen molar-refractivity contribution in [3.63, 3.8) is 0 Å². The predicted octanol–water partition coefficient (Wildman–Crippen LogP) is 5.10. The van der Waals surface area contributed by atoms with Crippen molar-refractivity contribution in [3.05, 3.63) is 54.1 Å². The lowest BCUT2D eigenvalue weighted by molar-refractivity contribution is -0.118. The minimum atomic E-state index is -0.242. The maximum Gasteiger partial charge on any atom is 0.162 e. The molecule has 0 aromatic heterocycles. The first-order valence-corrected chi connectivity index (χ1v) is 7.93. The van der Waals surface area contributed by atoms with E-state index in [4.69, 9.17) is 0 Å². The third-order valence-electron chi connectivity index (χ3n) is 3.73. The van der Waals surface area contributed by atoms with Crippen molar-refractivity contribution in [2.75, 3.05) is 0 Å². The molecule has 2 nitrogen and oxygen atoms in total. The van der Waals surface area contributed by atoms with Gasteiger partial charge in [0.05, 0.1) is 0 Å². The molecule has 1 atom stereocenters. The molecule has 0 saturated heterocycles. The average Bonchev–Trinajstić information content (AvgIpc) is 2.48. The number of carbonyl (C=O) groups is 2. The second kappa shape index (κ2) is 9.14. The third-order valence-corrected chi connectivity index (χ3v) is 3.73. The van der Waals surface area contributed by atoms with Crippen LogP contribution in [0.3, 0.4) is 0 Å². The maximum atomic E-state index is 12.3. The Morgan fingerprint density at radius 1 is 1.18 bits per heavy atom. The summed E-state index contributed by atoms with van der Waals surface area (Å²) in [6.07, 6.45) is 6.38. The first-order chi connectivity index (χ1) is 10.5. The Morgan fingerprint density at radius 2 is 1.82 bits per heavy atom. The van der Waals surface area contributed by atoms with Gasteiger partial charge in [-0.2, -0.15) is 0 Å². The van der Waals surface area contributed by atoms with Crippen LogP contribution in [-0.2, 0) is 9.59 Å². The van der Waals surface area contributed by atoms with Crippen LogP contribution in [0.25, 0.3) is 5.57 Å². The van der Waals surface area contributed by atoms with Crippen LogP contribution in [-0.4, -0.2) is 11.6 Å². The highest BCUT2D eigenvalue weighted by atomic mass is 16.1. The van der Waals surface area contributed by atoms with E-state index in [-0.39, 0.29) is 17.5 Å². The molecule has 1 aromatic rings. The summed E-state index contributed by atoms with van der Waals surface area (Å²) in [5.74, 6) is -0.0660. The zero-order valence-corrected chi connectivity index (χ0v) is 13.9. The molecule has 0 aliphatic heterocycles. The summed E-state index contributed by atoms with van der Waals surface area (Å²) in [4.78, 5) is 23.5. The number of rotatable bonds is 9. The van der Waals surface area contributed by atoms with Gasteiger partial charge < -0.3 is 4.79 Å². The highest BCUT2D eigenvalue weighted by molar-refractivity contribution is 5.95. The first kappa shape index (κ1) is 18.1. The van der Waals surface area contributed by atoms with Crippen LogP contribution in [0.5, 0.6) is 0 Å². The monoisotopic (exact) mass is 298 g/mol. The van der Waals surface area contributed by atoms with E-state index < -0.39 is 0 Å². The normalized spacial score (nSPS) is 12.3. The number of Topliss-reactive ketones (excluding diaryl/α,β-unsaturated/α-hetero) is 1. The summed E-state index contributed by atoms with van der Waals surface area (Å²) in [6.45, 7) is 9.62. The van der Waals surface area contributed by atoms with Crippen molar-refractivity contribution in [1.29, 1.82) is 0 Å². The van der Waals surface area contributed by atoms with E-state index in [0.717, 1.165) is 29.5 Å².